The zero-order valence-electron chi connectivity index (χ0n) is 17.9. The molecule has 0 bridgehead atoms. The number of aromatic nitrogens is 2. The molecule has 3 aromatic carbocycles. The van der Waals surface area contributed by atoms with Gasteiger partial charge in [-0.15, -0.1) is 0 Å². The number of benzene rings is 3. The number of ether oxygens (including phenoxy) is 2. The number of anilines is 1. The van der Waals surface area contributed by atoms with E-state index in [-0.39, 0.29) is 5.91 Å². The number of carbonyl (C=O) groups is 1. The van der Waals surface area contributed by atoms with E-state index in [1.165, 1.54) is 12.7 Å². The van der Waals surface area contributed by atoms with Gasteiger partial charge in [0.25, 0.3) is 5.91 Å². The molecule has 2 N–H and O–H groups in total. The second-order valence-corrected chi connectivity index (χ2v) is 7.42. The first-order valence-electron chi connectivity index (χ1n) is 10.1. The summed E-state index contributed by atoms with van der Waals surface area (Å²) in [7, 11) is 3.11. The average molecular weight is 415 g/mol. The molecule has 0 aliphatic rings. The molecule has 0 saturated heterocycles. The summed E-state index contributed by atoms with van der Waals surface area (Å²) in [6, 6.07) is 19.2. The van der Waals surface area contributed by atoms with Crippen LogP contribution in [0.1, 0.15) is 27.3 Å². The minimum Gasteiger partial charge on any atom is -0.497 e. The Balaban J connectivity index is 1.45. The summed E-state index contributed by atoms with van der Waals surface area (Å²) >= 11 is 0. The van der Waals surface area contributed by atoms with Crippen LogP contribution >= 0.6 is 0 Å². The maximum Gasteiger partial charge on any atom is 0.259 e. The molecule has 0 atom stereocenters. The number of imidazole rings is 1. The fourth-order valence-electron chi connectivity index (χ4n) is 3.55. The predicted molar refractivity (Wildman–Crippen MR) is 122 cm³/mol. The Labute approximate surface area is 181 Å². The standard InChI is InChI=1S/C25H25N3O3/c1-16-7-11-21-22(13-16)28-24(27-21)12-8-17-5-4-6-18(14-17)26-25(29)20-10-9-19(30-2)15-23(20)31-3/h4-7,9-11,13-15H,8,12H2,1-3H3,(H,26,29)(H,27,28). The summed E-state index contributed by atoms with van der Waals surface area (Å²) in [5.41, 5.74) is 5.56. The number of amides is 1. The number of rotatable bonds is 7. The number of hydrogen-bond donors (Lipinski definition) is 2. The fraction of sp³-hybridized carbons (Fsp3) is 0.200. The molecule has 0 aliphatic carbocycles. The molecule has 158 valence electrons. The van der Waals surface area contributed by atoms with Crippen LogP contribution in [0.15, 0.2) is 60.7 Å². The molecule has 0 unspecified atom stereocenters. The quantitative estimate of drug-likeness (QED) is 0.449. The average Bonchev–Trinajstić information content (AvgIpc) is 3.19. The second-order valence-electron chi connectivity index (χ2n) is 7.42. The van der Waals surface area contributed by atoms with Crippen LogP contribution in [0.4, 0.5) is 5.69 Å². The monoisotopic (exact) mass is 415 g/mol. The Morgan fingerprint density at radius 1 is 1.00 bits per heavy atom. The van der Waals surface area contributed by atoms with Crippen molar-refractivity contribution in [1.82, 2.24) is 9.97 Å². The molecule has 31 heavy (non-hydrogen) atoms. The molecule has 0 spiro atoms. The summed E-state index contributed by atoms with van der Waals surface area (Å²) in [5, 5.41) is 2.95. The van der Waals surface area contributed by atoms with Gasteiger partial charge in [0.2, 0.25) is 0 Å². The maximum absolute atomic E-state index is 12.8. The molecular formula is C25H25N3O3. The van der Waals surface area contributed by atoms with Gasteiger partial charge in [-0.05, 0) is 60.9 Å². The molecule has 6 nitrogen and oxygen atoms in total. The Morgan fingerprint density at radius 2 is 1.87 bits per heavy atom. The van der Waals surface area contributed by atoms with E-state index in [1.54, 1.807) is 25.3 Å². The first kappa shape index (κ1) is 20.5. The number of aromatic amines is 1. The van der Waals surface area contributed by atoms with Gasteiger partial charge < -0.3 is 19.8 Å². The van der Waals surface area contributed by atoms with Gasteiger partial charge in [0.15, 0.2) is 0 Å². The first-order chi connectivity index (χ1) is 15.1. The lowest BCUT2D eigenvalue weighted by molar-refractivity contribution is 0.102. The number of hydrogen-bond acceptors (Lipinski definition) is 4. The first-order valence-corrected chi connectivity index (χ1v) is 10.1. The minimum atomic E-state index is -0.232. The maximum atomic E-state index is 12.8. The number of methoxy groups -OCH3 is 2. The molecule has 4 rings (SSSR count). The van der Waals surface area contributed by atoms with Crippen molar-refractivity contribution in [3.63, 3.8) is 0 Å². The van der Waals surface area contributed by atoms with Gasteiger partial charge in [0.05, 0.1) is 30.8 Å². The van der Waals surface area contributed by atoms with Crippen molar-refractivity contribution in [3.05, 3.63) is 83.2 Å². The third kappa shape index (κ3) is 4.69. The number of fused-ring (bicyclic) bond motifs is 1. The van der Waals surface area contributed by atoms with Crippen LogP contribution in [0.25, 0.3) is 11.0 Å². The zero-order chi connectivity index (χ0) is 21.8. The lowest BCUT2D eigenvalue weighted by atomic mass is 10.1. The van der Waals surface area contributed by atoms with E-state index in [2.05, 4.69) is 40.4 Å². The van der Waals surface area contributed by atoms with Crippen molar-refractivity contribution in [1.29, 1.82) is 0 Å². The number of H-pyrrole nitrogens is 1. The van der Waals surface area contributed by atoms with Crippen LogP contribution in [0, 0.1) is 6.92 Å². The lowest BCUT2D eigenvalue weighted by Gasteiger charge is -2.11. The summed E-state index contributed by atoms with van der Waals surface area (Å²) in [6.45, 7) is 2.07. The topological polar surface area (TPSA) is 76.2 Å². The Kier molecular flexibility index (Phi) is 5.89. The van der Waals surface area contributed by atoms with Gasteiger partial charge in [-0.2, -0.15) is 0 Å². The minimum absolute atomic E-state index is 0.232. The van der Waals surface area contributed by atoms with Crippen molar-refractivity contribution >= 4 is 22.6 Å². The van der Waals surface area contributed by atoms with Gasteiger partial charge in [-0.1, -0.05) is 18.2 Å². The number of nitrogens with zero attached hydrogens (tertiary/aromatic N) is 1. The molecule has 1 heterocycles. The van der Waals surface area contributed by atoms with E-state index in [9.17, 15) is 4.79 Å². The molecule has 0 saturated carbocycles. The van der Waals surface area contributed by atoms with Gasteiger partial charge in [0.1, 0.15) is 17.3 Å². The molecule has 0 fully saturated rings. The van der Waals surface area contributed by atoms with Crippen molar-refractivity contribution in [2.45, 2.75) is 19.8 Å². The third-order valence-electron chi connectivity index (χ3n) is 5.18. The molecule has 0 aliphatic heterocycles. The Bertz CT molecular complexity index is 1230. The van der Waals surface area contributed by atoms with E-state index >= 15 is 0 Å². The fourth-order valence-corrected chi connectivity index (χ4v) is 3.55. The summed E-state index contributed by atoms with van der Waals surface area (Å²) < 4.78 is 10.5. The highest BCUT2D eigenvalue weighted by molar-refractivity contribution is 6.06. The Morgan fingerprint density at radius 3 is 2.68 bits per heavy atom. The van der Waals surface area contributed by atoms with Crippen molar-refractivity contribution in [3.8, 4) is 11.5 Å². The van der Waals surface area contributed by atoms with Crippen LogP contribution in [-0.2, 0) is 12.8 Å². The lowest BCUT2D eigenvalue weighted by Crippen LogP contribution is -2.13. The van der Waals surface area contributed by atoms with Crippen molar-refractivity contribution < 1.29 is 14.3 Å². The highest BCUT2D eigenvalue weighted by Gasteiger charge is 2.14. The second kappa shape index (κ2) is 8.92. The highest BCUT2D eigenvalue weighted by atomic mass is 16.5. The summed E-state index contributed by atoms with van der Waals surface area (Å²) in [5.74, 6) is 1.83. The largest absolute Gasteiger partial charge is 0.497 e. The van der Waals surface area contributed by atoms with Crippen LogP contribution in [0.2, 0.25) is 0 Å². The van der Waals surface area contributed by atoms with Crippen LogP contribution in [0.3, 0.4) is 0 Å². The van der Waals surface area contributed by atoms with Gasteiger partial charge >= 0.3 is 0 Å². The smallest absolute Gasteiger partial charge is 0.259 e. The number of nitrogens with one attached hydrogen (secondary N) is 2. The molecule has 0 radical (unpaired) electrons. The zero-order valence-corrected chi connectivity index (χ0v) is 17.9. The van der Waals surface area contributed by atoms with E-state index < -0.39 is 0 Å². The van der Waals surface area contributed by atoms with Crippen molar-refractivity contribution in [2.75, 3.05) is 19.5 Å². The van der Waals surface area contributed by atoms with Crippen LogP contribution in [0.5, 0.6) is 11.5 Å². The molecule has 1 aromatic heterocycles. The van der Waals surface area contributed by atoms with Gasteiger partial charge in [0, 0.05) is 18.2 Å². The van der Waals surface area contributed by atoms with Gasteiger partial charge in [-0.3, -0.25) is 4.79 Å². The molecular weight excluding hydrogens is 390 g/mol. The third-order valence-corrected chi connectivity index (χ3v) is 5.18. The predicted octanol–water partition coefficient (Wildman–Crippen LogP) is 4.93. The van der Waals surface area contributed by atoms with E-state index in [4.69, 9.17) is 9.47 Å². The number of carbonyl (C=O) groups excluding carboxylic acids is 1. The van der Waals surface area contributed by atoms with Gasteiger partial charge in [-0.25, -0.2) is 4.98 Å². The van der Waals surface area contributed by atoms with E-state index in [0.717, 1.165) is 41.0 Å². The SMILES string of the molecule is COc1ccc(C(=O)Nc2cccc(CCc3nc4ccc(C)cc4[nH]3)c2)c(OC)c1. The van der Waals surface area contributed by atoms with Crippen molar-refractivity contribution in [2.24, 2.45) is 0 Å². The van der Waals surface area contributed by atoms with E-state index in [0.29, 0.717) is 17.1 Å². The molecule has 1 amide bonds. The molecule has 4 aromatic rings. The molecule has 6 heteroatoms. The van der Waals surface area contributed by atoms with Crippen LogP contribution in [-0.4, -0.2) is 30.1 Å². The summed E-state index contributed by atoms with van der Waals surface area (Å²) in [4.78, 5) is 20.8. The normalized spacial score (nSPS) is 10.8. The van der Waals surface area contributed by atoms with E-state index in [1.807, 2.05) is 24.3 Å². The van der Waals surface area contributed by atoms with Crippen LogP contribution < -0.4 is 14.8 Å². The Hall–Kier alpha value is -3.80. The number of aryl methyl sites for hydroxylation is 3. The summed E-state index contributed by atoms with van der Waals surface area (Å²) in [6.07, 6.45) is 1.60. The highest BCUT2D eigenvalue weighted by Crippen LogP contribution is 2.25.